The second kappa shape index (κ2) is 12.6. The molecule has 0 spiro atoms. The number of likely N-dealkylation sites (N-methyl/N-ethyl adjacent to an activating group) is 1. The normalized spacial score (nSPS) is 14.8. The number of halogens is 1. The van der Waals surface area contributed by atoms with Crippen LogP contribution in [0, 0.1) is 5.82 Å². The molecule has 1 aliphatic rings. The van der Waals surface area contributed by atoms with Crippen LogP contribution in [0.2, 0.25) is 0 Å². The van der Waals surface area contributed by atoms with Crippen LogP contribution in [0.3, 0.4) is 0 Å². The zero-order chi connectivity index (χ0) is 22.8. The molecule has 3 rings (SSSR count). The van der Waals surface area contributed by atoms with Crippen LogP contribution in [0.15, 0.2) is 48.5 Å². The molecule has 1 fully saturated rings. The van der Waals surface area contributed by atoms with Crippen molar-refractivity contribution in [1.29, 1.82) is 0 Å². The summed E-state index contributed by atoms with van der Waals surface area (Å²) in [6.07, 6.45) is 0. The number of nitrogens with one attached hydrogen (secondary N) is 2. The lowest BCUT2D eigenvalue weighted by Gasteiger charge is -2.34. The lowest BCUT2D eigenvalue weighted by molar-refractivity contribution is -0.118. The van der Waals surface area contributed by atoms with E-state index in [2.05, 4.69) is 51.6 Å². The molecule has 2 aromatic carbocycles. The molecular formula is C24H31FN4O2S. The second-order valence-corrected chi connectivity index (χ2v) is 8.84. The molecule has 2 aromatic rings. The number of benzene rings is 2. The summed E-state index contributed by atoms with van der Waals surface area (Å²) in [6.45, 7) is 9.22. The Hall–Kier alpha value is -2.42. The monoisotopic (exact) mass is 458 g/mol. The molecule has 1 aliphatic heterocycles. The smallest absolute Gasteiger partial charge is 0.234 e. The number of rotatable bonds is 10. The van der Waals surface area contributed by atoms with Crippen LogP contribution < -0.4 is 10.6 Å². The number of nitrogens with zero attached hydrogens (tertiary/aromatic N) is 2. The van der Waals surface area contributed by atoms with Crippen molar-refractivity contribution < 1.29 is 14.0 Å². The van der Waals surface area contributed by atoms with Crippen molar-refractivity contribution in [2.45, 2.75) is 20.0 Å². The van der Waals surface area contributed by atoms with Crippen molar-refractivity contribution in [3.05, 3.63) is 65.5 Å². The molecule has 0 aromatic heterocycles. The Bertz CT molecular complexity index is 869. The van der Waals surface area contributed by atoms with Crippen LogP contribution in [0.25, 0.3) is 0 Å². The molecule has 0 atom stereocenters. The Morgan fingerprint density at radius 2 is 1.47 bits per heavy atom. The predicted molar refractivity (Wildman–Crippen MR) is 128 cm³/mol. The van der Waals surface area contributed by atoms with E-state index in [1.54, 1.807) is 0 Å². The van der Waals surface area contributed by atoms with Gasteiger partial charge in [-0.3, -0.25) is 14.5 Å². The summed E-state index contributed by atoms with van der Waals surface area (Å²) in [4.78, 5) is 28.9. The SMILES string of the molecule is CCN1CCN(Cc2ccc(CNC(=O)CSCC(=O)Nc3ccc(F)cc3)cc2)CC1. The van der Waals surface area contributed by atoms with E-state index in [1.165, 1.54) is 41.6 Å². The van der Waals surface area contributed by atoms with Crippen molar-refractivity contribution in [3.8, 4) is 0 Å². The number of hydrogen-bond donors (Lipinski definition) is 2. The lowest BCUT2D eigenvalue weighted by Crippen LogP contribution is -2.45. The van der Waals surface area contributed by atoms with Gasteiger partial charge >= 0.3 is 0 Å². The van der Waals surface area contributed by atoms with E-state index < -0.39 is 0 Å². The Labute approximate surface area is 193 Å². The Morgan fingerprint density at radius 1 is 0.875 bits per heavy atom. The number of piperazine rings is 1. The van der Waals surface area contributed by atoms with Crippen LogP contribution >= 0.6 is 11.8 Å². The third-order valence-electron chi connectivity index (χ3n) is 5.43. The van der Waals surface area contributed by atoms with Gasteiger partial charge in [0.15, 0.2) is 0 Å². The first-order chi connectivity index (χ1) is 15.5. The zero-order valence-corrected chi connectivity index (χ0v) is 19.3. The van der Waals surface area contributed by atoms with E-state index in [0.29, 0.717) is 12.2 Å². The van der Waals surface area contributed by atoms with Crippen molar-refractivity contribution in [1.82, 2.24) is 15.1 Å². The number of amides is 2. The quantitative estimate of drug-likeness (QED) is 0.573. The maximum absolute atomic E-state index is 12.9. The fourth-order valence-electron chi connectivity index (χ4n) is 3.50. The van der Waals surface area contributed by atoms with Gasteiger partial charge in [0.1, 0.15) is 5.82 Å². The van der Waals surface area contributed by atoms with E-state index in [0.717, 1.165) is 44.8 Å². The molecule has 1 heterocycles. The number of anilines is 1. The average molecular weight is 459 g/mol. The molecule has 0 radical (unpaired) electrons. The topological polar surface area (TPSA) is 64.7 Å². The minimum Gasteiger partial charge on any atom is -0.351 e. The lowest BCUT2D eigenvalue weighted by atomic mass is 10.1. The van der Waals surface area contributed by atoms with Crippen LogP contribution in [-0.4, -0.2) is 65.8 Å². The highest BCUT2D eigenvalue weighted by Crippen LogP contribution is 2.11. The van der Waals surface area contributed by atoms with Crippen LogP contribution in [0.4, 0.5) is 10.1 Å². The maximum atomic E-state index is 12.9. The molecule has 172 valence electrons. The minimum absolute atomic E-state index is 0.109. The average Bonchev–Trinajstić information content (AvgIpc) is 2.80. The van der Waals surface area contributed by atoms with Gasteiger partial charge < -0.3 is 15.5 Å². The second-order valence-electron chi connectivity index (χ2n) is 7.85. The van der Waals surface area contributed by atoms with E-state index in [1.807, 2.05) is 0 Å². The molecule has 2 N–H and O–H groups in total. The third kappa shape index (κ3) is 8.26. The molecule has 6 nitrogen and oxygen atoms in total. The van der Waals surface area contributed by atoms with E-state index >= 15 is 0 Å². The molecule has 1 saturated heterocycles. The first kappa shape index (κ1) is 24.2. The number of carbonyl (C=O) groups excluding carboxylic acids is 2. The summed E-state index contributed by atoms with van der Waals surface area (Å²) in [5, 5.41) is 5.57. The highest BCUT2D eigenvalue weighted by molar-refractivity contribution is 8.00. The Kier molecular flexibility index (Phi) is 9.52. The highest BCUT2D eigenvalue weighted by Gasteiger charge is 2.15. The van der Waals surface area contributed by atoms with Gasteiger partial charge in [-0.2, -0.15) is 0 Å². The van der Waals surface area contributed by atoms with Gasteiger partial charge in [-0.15, -0.1) is 11.8 Å². The summed E-state index contributed by atoms with van der Waals surface area (Å²) in [5.74, 6) is -0.317. The van der Waals surface area contributed by atoms with Gasteiger partial charge in [-0.1, -0.05) is 31.2 Å². The summed E-state index contributed by atoms with van der Waals surface area (Å²) < 4.78 is 12.9. The molecular weight excluding hydrogens is 427 g/mol. The standard InChI is InChI=1S/C24H31FN4O2S/c1-2-28-11-13-29(14-12-28)16-20-5-3-19(4-6-20)15-26-23(30)17-32-18-24(31)27-22-9-7-21(25)8-10-22/h3-10H,2,11-18H2,1H3,(H,26,30)(H,27,31). The number of thioether (sulfide) groups is 1. The number of carbonyl (C=O) groups is 2. The van der Waals surface area contributed by atoms with Gasteiger partial charge in [0.25, 0.3) is 0 Å². The molecule has 0 saturated carbocycles. The fraction of sp³-hybridized carbons (Fsp3) is 0.417. The summed E-state index contributed by atoms with van der Waals surface area (Å²) in [7, 11) is 0. The summed E-state index contributed by atoms with van der Waals surface area (Å²) in [6, 6.07) is 13.9. The first-order valence-corrected chi connectivity index (χ1v) is 12.1. The van der Waals surface area contributed by atoms with Crippen molar-refractivity contribution in [2.24, 2.45) is 0 Å². The third-order valence-corrected chi connectivity index (χ3v) is 6.36. The maximum Gasteiger partial charge on any atom is 0.234 e. The summed E-state index contributed by atoms with van der Waals surface area (Å²) >= 11 is 1.24. The minimum atomic E-state index is -0.353. The highest BCUT2D eigenvalue weighted by atomic mass is 32.2. The van der Waals surface area contributed by atoms with Gasteiger partial charge in [0, 0.05) is 45.0 Å². The van der Waals surface area contributed by atoms with Gasteiger partial charge in [0.05, 0.1) is 11.5 Å². The van der Waals surface area contributed by atoms with Crippen LogP contribution in [0.1, 0.15) is 18.1 Å². The van der Waals surface area contributed by atoms with Crippen molar-refractivity contribution in [3.63, 3.8) is 0 Å². The van der Waals surface area contributed by atoms with Gasteiger partial charge in [-0.05, 0) is 41.9 Å². The molecule has 32 heavy (non-hydrogen) atoms. The van der Waals surface area contributed by atoms with Crippen LogP contribution in [-0.2, 0) is 22.7 Å². The van der Waals surface area contributed by atoms with Gasteiger partial charge in [0.2, 0.25) is 11.8 Å². The Morgan fingerprint density at radius 3 is 2.12 bits per heavy atom. The Balaban J connectivity index is 1.30. The first-order valence-electron chi connectivity index (χ1n) is 10.9. The van der Waals surface area contributed by atoms with Crippen molar-refractivity contribution >= 4 is 29.3 Å². The van der Waals surface area contributed by atoms with E-state index in [-0.39, 0.29) is 29.1 Å². The van der Waals surface area contributed by atoms with E-state index in [9.17, 15) is 14.0 Å². The fourth-order valence-corrected chi connectivity index (χ4v) is 4.15. The van der Waals surface area contributed by atoms with Crippen LogP contribution in [0.5, 0.6) is 0 Å². The molecule has 0 aliphatic carbocycles. The molecule has 2 amide bonds. The van der Waals surface area contributed by atoms with Gasteiger partial charge in [-0.25, -0.2) is 4.39 Å². The van der Waals surface area contributed by atoms with E-state index in [4.69, 9.17) is 0 Å². The molecule has 0 bridgehead atoms. The zero-order valence-electron chi connectivity index (χ0n) is 18.5. The molecule has 0 unspecified atom stereocenters. The molecule has 8 heteroatoms. The summed E-state index contributed by atoms with van der Waals surface area (Å²) in [5.41, 5.74) is 2.87. The number of hydrogen-bond acceptors (Lipinski definition) is 5. The predicted octanol–water partition coefficient (Wildman–Crippen LogP) is 2.95. The largest absolute Gasteiger partial charge is 0.351 e. The van der Waals surface area contributed by atoms with Crippen molar-refractivity contribution in [2.75, 3.05) is 49.5 Å².